The van der Waals surface area contributed by atoms with E-state index in [2.05, 4.69) is 4.98 Å². The summed E-state index contributed by atoms with van der Waals surface area (Å²) in [4.78, 5) is 15.6. The Hall–Kier alpha value is -1.19. The highest BCUT2D eigenvalue weighted by Crippen LogP contribution is 2.32. The molecule has 0 fully saturated rings. The number of carbonyl (C=O) groups is 1. The molecule has 15 heavy (non-hydrogen) atoms. The van der Waals surface area contributed by atoms with Crippen LogP contribution in [0.1, 0.15) is 16.1 Å². The van der Waals surface area contributed by atoms with Crippen molar-refractivity contribution in [2.24, 2.45) is 0 Å². The fraction of sp³-hybridized carbons (Fsp3) is 0.0909. The third kappa shape index (κ3) is 2.08. The van der Waals surface area contributed by atoms with Crippen LogP contribution in [0.25, 0.3) is 10.4 Å². The van der Waals surface area contributed by atoms with Gasteiger partial charge in [-0.15, -0.1) is 11.3 Å². The molecule has 0 saturated heterocycles. The molecule has 1 aromatic heterocycles. The zero-order valence-electron chi connectivity index (χ0n) is 8.03. The van der Waals surface area contributed by atoms with Crippen molar-refractivity contribution >= 4 is 29.2 Å². The van der Waals surface area contributed by atoms with Crippen molar-refractivity contribution in [3.63, 3.8) is 0 Å². The lowest BCUT2D eigenvalue weighted by Crippen LogP contribution is -1.83. The maximum Gasteiger partial charge on any atom is 0.184 e. The topological polar surface area (TPSA) is 30.0 Å². The summed E-state index contributed by atoms with van der Waals surface area (Å²) in [5.41, 5.74) is 2.55. The molecule has 0 radical (unpaired) electrons. The van der Waals surface area contributed by atoms with E-state index in [1.54, 1.807) is 0 Å². The third-order valence-corrected chi connectivity index (χ3v) is 3.24. The molecular formula is C11H8ClNOS. The second-order valence-electron chi connectivity index (χ2n) is 3.17. The van der Waals surface area contributed by atoms with Crippen LogP contribution in [0.15, 0.2) is 24.3 Å². The van der Waals surface area contributed by atoms with Gasteiger partial charge in [-0.05, 0) is 12.5 Å². The first kappa shape index (κ1) is 10.3. The maximum absolute atomic E-state index is 10.8. The molecular weight excluding hydrogens is 230 g/mol. The number of benzene rings is 1. The molecule has 76 valence electrons. The standard InChI is InChI=1S/C11H8ClNOS/c1-7-3-2-4-8(5-7)10-9(6-14)13-11(12)15-10/h2-6H,1H3. The molecule has 0 saturated carbocycles. The Bertz CT molecular complexity index is 507. The van der Waals surface area contributed by atoms with Gasteiger partial charge in [0.05, 0.1) is 4.88 Å². The number of aldehydes is 1. The molecule has 4 heteroatoms. The lowest BCUT2D eigenvalue weighted by Gasteiger charge is -1.98. The van der Waals surface area contributed by atoms with Gasteiger partial charge in [0.25, 0.3) is 0 Å². The first-order chi connectivity index (χ1) is 7.20. The van der Waals surface area contributed by atoms with Crippen molar-refractivity contribution < 1.29 is 4.79 Å². The Kier molecular flexibility index (Phi) is 2.84. The number of halogens is 1. The van der Waals surface area contributed by atoms with Crippen molar-refractivity contribution in [3.05, 3.63) is 40.0 Å². The number of hydrogen-bond donors (Lipinski definition) is 0. The average molecular weight is 238 g/mol. The predicted molar refractivity (Wildman–Crippen MR) is 62.7 cm³/mol. The van der Waals surface area contributed by atoms with E-state index < -0.39 is 0 Å². The minimum atomic E-state index is 0.397. The molecule has 0 aliphatic rings. The van der Waals surface area contributed by atoms with Crippen LogP contribution in [-0.4, -0.2) is 11.3 Å². The van der Waals surface area contributed by atoms with Crippen LogP contribution in [0, 0.1) is 6.92 Å². The number of aryl methyl sites for hydroxylation is 1. The van der Waals surface area contributed by atoms with Crippen molar-refractivity contribution in [2.45, 2.75) is 6.92 Å². The van der Waals surface area contributed by atoms with E-state index in [0.29, 0.717) is 10.2 Å². The molecule has 0 N–H and O–H groups in total. The number of aromatic nitrogens is 1. The average Bonchev–Trinajstić information content (AvgIpc) is 2.59. The van der Waals surface area contributed by atoms with Crippen molar-refractivity contribution in [3.8, 4) is 10.4 Å². The molecule has 0 amide bonds. The molecule has 0 bridgehead atoms. The van der Waals surface area contributed by atoms with E-state index in [-0.39, 0.29) is 0 Å². The van der Waals surface area contributed by atoms with Gasteiger partial charge in [-0.1, -0.05) is 41.4 Å². The summed E-state index contributed by atoms with van der Waals surface area (Å²) in [7, 11) is 0. The number of hydrogen-bond acceptors (Lipinski definition) is 3. The second kappa shape index (κ2) is 4.13. The summed E-state index contributed by atoms with van der Waals surface area (Å²) in [6, 6.07) is 7.92. The highest BCUT2D eigenvalue weighted by Gasteiger charge is 2.10. The van der Waals surface area contributed by atoms with Gasteiger partial charge in [0.2, 0.25) is 0 Å². The minimum absolute atomic E-state index is 0.397. The van der Waals surface area contributed by atoms with Gasteiger partial charge in [0.15, 0.2) is 10.8 Å². The maximum atomic E-state index is 10.8. The number of carbonyl (C=O) groups excluding carboxylic acids is 1. The van der Waals surface area contributed by atoms with Crippen LogP contribution >= 0.6 is 22.9 Å². The van der Waals surface area contributed by atoms with Crippen LogP contribution in [-0.2, 0) is 0 Å². The van der Waals surface area contributed by atoms with E-state index in [9.17, 15) is 4.79 Å². The Morgan fingerprint density at radius 1 is 1.47 bits per heavy atom. The fourth-order valence-electron chi connectivity index (χ4n) is 1.38. The SMILES string of the molecule is Cc1cccc(-c2sc(Cl)nc2C=O)c1. The predicted octanol–water partition coefficient (Wildman–Crippen LogP) is 3.58. The van der Waals surface area contributed by atoms with Gasteiger partial charge in [-0.2, -0.15) is 0 Å². The number of rotatable bonds is 2. The fourth-order valence-corrected chi connectivity index (χ4v) is 2.46. The van der Waals surface area contributed by atoms with Gasteiger partial charge < -0.3 is 0 Å². The second-order valence-corrected chi connectivity index (χ2v) is 4.75. The molecule has 0 atom stereocenters. The molecule has 1 heterocycles. The van der Waals surface area contributed by atoms with Gasteiger partial charge in [-0.3, -0.25) is 4.79 Å². The first-order valence-electron chi connectivity index (χ1n) is 4.39. The molecule has 1 aromatic carbocycles. The molecule has 0 spiro atoms. The lowest BCUT2D eigenvalue weighted by atomic mass is 10.1. The highest BCUT2D eigenvalue weighted by molar-refractivity contribution is 7.19. The van der Waals surface area contributed by atoms with E-state index in [0.717, 1.165) is 22.3 Å². The highest BCUT2D eigenvalue weighted by atomic mass is 35.5. The summed E-state index contributed by atoms with van der Waals surface area (Å²) in [5.74, 6) is 0. The van der Waals surface area contributed by atoms with Gasteiger partial charge in [0.1, 0.15) is 5.69 Å². The van der Waals surface area contributed by atoms with Gasteiger partial charge in [-0.25, -0.2) is 4.98 Å². The van der Waals surface area contributed by atoms with Crippen LogP contribution < -0.4 is 0 Å². The van der Waals surface area contributed by atoms with Crippen LogP contribution in [0.4, 0.5) is 0 Å². The molecule has 2 aromatic rings. The summed E-state index contributed by atoms with van der Waals surface area (Å²) >= 11 is 7.11. The molecule has 2 nitrogen and oxygen atoms in total. The molecule has 0 aliphatic carbocycles. The van der Waals surface area contributed by atoms with Crippen LogP contribution in [0.5, 0.6) is 0 Å². The monoisotopic (exact) mass is 237 g/mol. The first-order valence-corrected chi connectivity index (χ1v) is 5.58. The van der Waals surface area contributed by atoms with E-state index >= 15 is 0 Å². The summed E-state index contributed by atoms with van der Waals surface area (Å²) in [6.07, 6.45) is 0.736. The van der Waals surface area contributed by atoms with E-state index in [1.165, 1.54) is 11.3 Å². The number of nitrogens with zero attached hydrogens (tertiary/aromatic N) is 1. The largest absolute Gasteiger partial charge is 0.296 e. The Balaban J connectivity index is 2.57. The zero-order valence-corrected chi connectivity index (χ0v) is 9.60. The minimum Gasteiger partial charge on any atom is -0.296 e. The lowest BCUT2D eigenvalue weighted by molar-refractivity contribution is 0.112. The van der Waals surface area contributed by atoms with E-state index in [1.807, 2.05) is 31.2 Å². The molecule has 0 aliphatic heterocycles. The van der Waals surface area contributed by atoms with E-state index in [4.69, 9.17) is 11.6 Å². The third-order valence-electron chi connectivity index (χ3n) is 2.02. The normalized spacial score (nSPS) is 10.3. The molecule has 0 unspecified atom stereocenters. The smallest absolute Gasteiger partial charge is 0.184 e. The summed E-state index contributed by atoms with van der Waals surface area (Å²) in [6.45, 7) is 2.01. The molecule has 2 rings (SSSR count). The zero-order chi connectivity index (χ0) is 10.8. The van der Waals surface area contributed by atoms with Gasteiger partial charge >= 0.3 is 0 Å². The van der Waals surface area contributed by atoms with Gasteiger partial charge in [0, 0.05) is 0 Å². The Morgan fingerprint density at radius 2 is 2.27 bits per heavy atom. The van der Waals surface area contributed by atoms with Crippen LogP contribution in [0.3, 0.4) is 0 Å². The quantitative estimate of drug-likeness (QED) is 0.748. The Morgan fingerprint density at radius 3 is 2.93 bits per heavy atom. The van der Waals surface area contributed by atoms with Crippen LogP contribution in [0.2, 0.25) is 4.47 Å². The Labute approximate surface area is 96.5 Å². The number of thiazole rings is 1. The van der Waals surface area contributed by atoms with Crippen molar-refractivity contribution in [1.29, 1.82) is 0 Å². The van der Waals surface area contributed by atoms with Crippen molar-refractivity contribution in [2.75, 3.05) is 0 Å². The van der Waals surface area contributed by atoms with Crippen molar-refractivity contribution in [1.82, 2.24) is 4.98 Å². The summed E-state index contributed by atoms with van der Waals surface area (Å²) in [5, 5.41) is 0. The summed E-state index contributed by atoms with van der Waals surface area (Å²) < 4.78 is 0.397.